The summed E-state index contributed by atoms with van der Waals surface area (Å²) in [4.78, 5) is 24.4. The molecule has 0 bridgehead atoms. The third-order valence-electron chi connectivity index (χ3n) is 3.38. The summed E-state index contributed by atoms with van der Waals surface area (Å²) in [6, 6.07) is 11.8. The van der Waals surface area contributed by atoms with Crippen molar-refractivity contribution in [3.05, 3.63) is 47.7 Å². The monoisotopic (exact) mass is 329 g/mol. The molecule has 0 radical (unpaired) electrons. The normalized spacial score (nSPS) is 11.0. The molecule has 1 amide bonds. The minimum absolute atomic E-state index is 0.00922. The molecule has 1 rings (SSSR count). The van der Waals surface area contributed by atoms with Gasteiger partial charge in [-0.15, -0.1) is 0 Å². The lowest BCUT2D eigenvalue weighted by atomic mass is 10.2. The smallest absolute Gasteiger partial charge is 0.303 e. The summed E-state index contributed by atoms with van der Waals surface area (Å²) in [6.45, 7) is 4.79. The van der Waals surface area contributed by atoms with Gasteiger partial charge >= 0.3 is 5.97 Å². The summed E-state index contributed by atoms with van der Waals surface area (Å²) in [6.07, 6.45) is 1.87. The molecule has 1 aromatic carbocycles. The van der Waals surface area contributed by atoms with E-state index in [1.165, 1.54) is 0 Å². The molecule has 1 aromatic rings. The van der Waals surface area contributed by atoms with Crippen LogP contribution in [0.3, 0.4) is 0 Å². The van der Waals surface area contributed by atoms with Gasteiger partial charge in [-0.05, 0) is 25.8 Å². The molecule has 128 valence electrons. The van der Waals surface area contributed by atoms with Crippen molar-refractivity contribution in [2.45, 2.75) is 39.3 Å². The number of nitrogens with zero attached hydrogens (tertiary/aromatic N) is 2. The predicted octanol–water partition coefficient (Wildman–Crippen LogP) is 2.29. The average molecular weight is 329 g/mol. The highest BCUT2D eigenvalue weighted by molar-refractivity contribution is 5.97. The first-order valence-corrected chi connectivity index (χ1v) is 7.85. The van der Waals surface area contributed by atoms with Gasteiger partial charge in [0.25, 0.3) is 5.91 Å². The third-order valence-corrected chi connectivity index (χ3v) is 3.38. The van der Waals surface area contributed by atoms with Crippen molar-refractivity contribution >= 4 is 11.9 Å². The van der Waals surface area contributed by atoms with Crippen molar-refractivity contribution in [2.75, 3.05) is 6.54 Å². The van der Waals surface area contributed by atoms with Crippen molar-refractivity contribution in [3.63, 3.8) is 0 Å². The van der Waals surface area contributed by atoms with E-state index in [-0.39, 0.29) is 24.6 Å². The Morgan fingerprint density at radius 1 is 1.33 bits per heavy atom. The number of hydrogen-bond acceptors (Lipinski definition) is 4. The van der Waals surface area contributed by atoms with Crippen LogP contribution < -0.4 is 5.32 Å². The molecule has 0 atom stereocenters. The Bertz CT molecular complexity index is 618. The molecule has 6 nitrogen and oxygen atoms in total. The number of nitrogens with one attached hydrogen (secondary N) is 1. The fraction of sp³-hybridized carbons (Fsp3) is 0.389. The number of nitriles is 1. The molecule has 0 heterocycles. The maximum Gasteiger partial charge on any atom is 0.303 e. The van der Waals surface area contributed by atoms with E-state index in [4.69, 9.17) is 5.11 Å². The van der Waals surface area contributed by atoms with E-state index in [0.717, 1.165) is 5.56 Å². The van der Waals surface area contributed by atoms with Gasteiger partial charge in [-0.2, -0.15) is 5.26 Å². The van der Waals surface area contributed by atoms with Gasteiger partial charge in [0.15, 0.2) is 0 Å². The van der Waals surface area contributed by atoms with E-state index in [9.17, 15) is 14.9 Å². The number of carbonyl (C=O) groups excluding carboxylic acids is 1. The van der Waals surface area contributed by atoms with E-state index in [1.807, 2.05) is 55.1 Å². The van der Waals surface area contributed by atoms with Gasteiger partial charge in [0, 0.05) is 31.8 Å². The Kier molecular flexibility index (Phi) is 8.06. The molecule has 0 saturated heterocycles. The Morgan fingerprint density at radius 3 is 2.54 bits per heavy atom. The second kappa shape index (κ2) is 10.1. The molecule has 0 aliphatic heterocycles. The fourth-order valence-corrected chi connectivity index (χ4v) is 2.01. The second-order valence-corrected chi connectivity index (χ2v) is 5.66. The maximum atomic E-state index is 12.1. The highest BCUT2D eigenvalue weighted by Gasteiger charge is 2.13. The number of hydrogen-bond donors (Lipinski definition) is 2. The number of carbonyl (C=O) groups is 2. The van der Waals surface area contributed by atoms with E-state index in [2.05, 4.69) is 5.32 Å². The zero-order chi connectivity index (χ0) is 17.9. The lowest BCUT2D eigenvalue weighted by molar-refractivity contribution is -0.137. The number of aliphatic carboxylic acids is 1. The Hall–Kier alpha value is -2.81. The van der Waals surface area contributed by atoms with Crippen molar-refractivity contribution in [3.8, 4) is 6.07 Å². The first-order valence-electron chi connectivity index (χ1n) is 7.85. The topological polar surface area (TPSA) is 93.4 Å². The SMILES string of the molecule is CC(C)N(/C=C(/C#N)C(=O)NCCCC(=O)O)Cc1ccccc1. The minimum atomic E-state index is -0.908. The first kappa shape index (κ1) is 19.2. The molecular weight excluding hydrogens is 306 g/mol. The minimum Gasteiger partial charge on any atom is -0.481 e. The van der Waals surface area contributed by atoms with E-state index >= 15 is 0 Å². The van der Waals surface area contributed by atoms with Crippen LogP contribution in [0.25, 0.3) is 0 Å². The molecule has 0 saturated carbocycles. The number of carboxylic acids is 1. The molecule has 0 aliphatic rings. The van der Waals surface area contributed by atoms with Crippen LogP contribution in [-0.4, -0.2) is 34.5 Å². The molecule has 0 aliphatic carbocycles. The van der Waals surface area contributed by atoms with Crippen LogP contribution in [0, 0.1) is 11.3 Å². The van der Waals surface area contributed by atoms with E-state index in [1.54, 1.807) is 6.20 Å². The van der Waals surface area contributed by atoms with E-state index in [0.29, 0.717) is 13.0 Å². The second-order valence-electron chi connectivity index (χ2n) is 5.66. The molecule has 0 unspecified atom stereocenters. The summed E-state index contributed by atoms with van der Waals surface area (Å²) >= 11 is 0. The van der Waals surface area contributed by atoms with Gasteiger partial charge in [0.05, 0.1) is 0 Å². The van der Waals surface area contributed by atoms with Gasteiger partial charge in [0.2, 0.25) is 0 Å². The maximum absolute atomic E-state index is 12.1. The summed E-state index contributed by atoms with van der Waals surface area (Å²) in [5, 5.41) is 20.4. The number of benzene rings is 1. The molecular formula is C18H23N3O3. The zero-order valence-electron chi connectivity index (χ0n) is 14.0. The van der Waals surface area contributed by atoms with Crippen molar-refractivity contribution in [1.82, 2.24) is 10.2 Å². The van der Waals surface area contributed by atoms with Crippen LogP contribution in [0.5, 0.6) is 0 Å². The van der Waals surface area contributed by atoms with Gasteiger partial charge in [-0.1, -0.05) is 30.3 Å². The third kappa shape index (κ3) is 6.97. The zero-order valence-corrected chi connectivity index (χ0v) is 14.0. The Labute approximate surface area is 142 Å². The average Bonchev–Trinajstić information content (AvgIpc) is 2.55. The summed E-state index contributed by atoms with van der Waals surface area (Å²) in [5.41, 5.74) is 1.09. The highest BCUT2D eigenvalue weighted by Crippen LogP contribution is 2.10. The summed E-state index contributed by atoms with van der Waals surface area (Å²) in [7, 11) is 0. The van der Waals surface area contributed by atoms with Crippen LogP contribution >= 0.6 is 0 Å². The molecule has 6 heteroatoms. The lowest BCUT2D eigenvalue weighted by Gasteiger charge is -2.25. The number of rotatable bonds is 9. The predicted molar refractivity (Wildman–Crippen MR) is 90.7 cm³/mol. The van der Waals surface area contributed by atoms with Gasteiger partial charge in [-0.25, -0.2) is 0 Å². The fourth-order valence-electron chi connectivity index (χ4n) is 2.01. The van der Waals surface area contributed by atoms with Gasteiger partial charge in [0.1, 0.15) is 11.6 Å². The lowest BCUT2D eigenvalue weighted by Crippen LogP contribution is -2.30. The summed E-state index contributed by atoms with van der Waals surface area (Å²) < 4.78 is 0. The molecule has 2 N–H and O–H groups in total. The quantitative estimate of drug-likeness (QED) is 0.412. The van der Waals surface area contributed by atoms with Crippen molar-refractivity contribution in [2.24, 2.45) is 0 Å². The molecule has 0 spiro atoms. The largest absolute Gasteiger partial charge is 0.481 e. The highest BCUT2D eigenvalue weighted by atomic mass is 16.4. The van der Waals surface area contributed by atoms with Crippen molar-refractivity contribution in [1.29, 1.82) is 5.26 Å². The Morgan fingerprint density at radius 2 is 2.00 bits per heavy atom. The van der Waals surface area contributed by atoms with E-state index < -0.39 is 11.9 Å². The van der Waals surface area contributed by atoms with Gasteiger partial charge < -0.3 is 15.3 Å². The van der Waals surface area contributed by atoms with Gasteiger partial charge in [-0.3, -0.25) is 9.59 Å². The number of carboxylic acid groups (broad SMARTS) is 1. The van der Waals surface area contributed by atoms with Crippen LogP contribution in [0.1, 0.15) is 32.3 Å². The van der Waals surface area contributed by atoms with Crippen LogP contribution in [0.4, 0.5) is 0 Å². The Balaban J connectivity index is 2.72. The molecule has 0 aromatic heterocycles. The molecule has 0 fully saturated rings. The van der Waals surface area contributed by atoms with Crippen molar-refractivity contribution < 1.29 is 14.7 Å². The van der Waals surface area contributed by atoms with Crippen LogP contribution in [-0.2, 0) is 16.1 Å². The molecule has 24 heavy (non-hydrogen) atoms. The number of amides is 1. The van der Waals surface area contributed by atoms with Crippen LogP contribution in [0.2, 0.25) is 0 Å². The van der Waals surface area contributed by atoms with Crippen LogP contribution in [0.15, 0.2) is 42.1 Å². The summed E-state index contributed by atoms with van der Waals surface area (Å²) in [5.74, 6) is -1.39. The standard InChI is InChI=1S/C18H23N3O3/c1-14(2)21(12-15-7-4-3-5-8-15)13-16(11-19)18(24)20-10-6-9-17(22)23/h3-5,7-8,13-14H,6,9-10,12H2,1-2H3,(H,20,24)(H,22,23)/b16-13-. The first-order chi connectivity index (χ1) is 11.4.